The highest BCUT2D eigenvalue weighted by molar-refractivity contribution is 4.98. The first-order valence-corrected chi connectivity index (χ1v) is 5.90. The maximum absolute atomic E-state index is 6.37. The first kappa shape index (κ1) is 12.9. The van der Waals surface area contributed by atoms with E-state index in [9.17, 15) is 0 Å². The van der Waals surface area contributed by atoms with Crippen molar-refractivity contribution in [1.29, 1.82) is 0 Å². The van der Waals surface area contributed by atoms with Crippen LogP contribution < -0.4 is 5.73 Å². The zero-order valence-corrected chi connectivity index (χ0v) is 10.5. The average molecular weight is 215 g/mol. The van der Waals surface area contributed by atoms with E-state index in [2.05, 4.69) is 20.8 Å². The van der Waals surface area contributed by atoms with Crippen molar-refractivity contribution in [2.75, 3.05) is 19.8 Å². The van der Waals surface area contributed by atoms with Crippen LogP contribution in [0, 0.1) is 5.41 Å². The van der Waals surface area contributed by atoms with E-state index in [1.165, 1.54) is 0 Å². The first-order valence-electron chi connectivity index (χ1n) is 5.90. The summed E-state index contributed by atoms with van der Waals surface area (Å²) < 4.78 is 11.4. The van der Waals surface area contributed by atoms with E-state index >= 15 is 0 Å². The third-order valence-electron chi connectivity index (χ3n) is 3.27. The Morgan fingerprint density at radius 1 is 1.33 bits per heavy atom. The molecule has 0 aliphatic carbocycles. The van der Waals surface area contributed by atoms with Crippen LogP contribution in [0.2, 0.25) is 0 Å². The van der Waals surface area contributed by atoms with Crippen molar-refractivity contribution >= 4 is 0 Å². The highest BCUT2D eigenvalue weighted by atomic mass is 16.5. The third-order valence-corrected chi connectivity index (χ3v) is 3.27. The maximum Gasteiger partial charge on any atom is 0.0881 e. The Labute approximate surface area is 93.3 Å². The second kappa shape index (κ2) is 4.81. The Bertz CT molecular complexity index is 187. The number of rotatable bonds is 3. The van der Waals surface area contributed by atoms with Gasteiger partial charge < -0.3 is 15.2 Å². The molecule has 3 heteroatoms. The van der Waals surface area contributed by atoms with Crippen LogP contribution in [-0.4, -0.2) is 31.5 Å². The average Bonchev–Trinajstić information content (AvgIpc) is 2.17. The van der Waals surface area contributed by atoms with Crippen molar-refractivity contribution in [2.24, 2.45) is 11.1 Å². The van der Waals surface area contributed by atoms with Crippen LogP contribution in [0.1, 0.15) is 40.5 Å². The fourth-order valence-electron chi connectivity index (χ4n) is 2.34. The van der Waals surface area contributed by atoms with Crippen LogP contribution >= 0.6 is 0 Å². The van der Waals surface area contributed by atoms with Gasteiger partial charge in [-0.15, -0.1) is 0 Å². The molecule has 1 rings (SSSR count). The Balaban J connectivity index is 2.79. The minimum absolute atomic E-state index is 0.0637. The molecule has 1 aliphatic rings. The summed E-state index contributed by atoms with van der Waals surface area (Å²) in [6.45, 7) is 10.8. The molecule has 90 valence electrons. The van der Waals surface area contributed by atoms with Crippen LogP contribution in [-0.2, 0) is 9.47 Å². The molecule has 0 saturated carbocycles. The highest BCUT2D eigenvalue weighted by Gasteiger charge is 2.44. The van der Waals surface area contributed by atoms with Crippen molar-refractivity contribution in [3.63, 3.8) is 0 Å². The Kier molecular flexibility index (Phi) is 4.15. The lowest BCUT2D eigenvalue weighted by atomic mass is 9.73. The quantitative estimate of drug-likeness (QED) is 0.782. The van der Waals surface area contributed by atoms with Gasteiger partial charge in [-0.05, 0) is 12.3 Å². The van der Waals surface area contributed by atoms with Crippen LogP contribution in [0.4, 0.5) is 0 Å². The minimum Gasteiger partial charge on any atom is -0.381 e. The van der Waals surface area contributed by atoms with E-state index < -0.39 is 0 Å². The summed E-state index contributed by atoms with van der Waals surface area (Å²) in [5.74, 6) is 0. The van der Waals surface area contributed by atoms with Gasteiger partial charge in [0, 0.05) is 38.7 Å². The van der Waals surface area contributed by atoms with Crippen LogP contribution in [0.15, 0.2) is 0 Å². The van der Waals surface area contributed by atoms with Crippen molar-refractivity contribution < 1.29 is 9.47 Å². The standard InChI is InChI=1S/C12H25NO2/c1-5-15-12(6-8-14-9-7-12)10(13)11(2,3)4/h10H,5-9,13H2,1-4H3. The summed E-state index contributed by atoms with van der Waals surface area (Å²) in [6.07, 6.45) is 1.83. The van der Waals surface area contributed by atoms with Gasteiger partial charge in [-0.25, -0.2) is 0 Å². The van der Waals surface area contributed by atoms with Crippen LogP contribution in [0.3, 0.4) is 0 Å². The van der Waals surface area contributed by atoms with E-state index in [-0.39, 0.29) is 17.1 Å². The second-order valence-electron chi connectivity index (χ2n) is 5.45. The van der Waals surface area contributed by atoms with Gasteiger partial charge in [0.1, 0.15) is 0 Å². The predicted molar refractivity (Wildman–Crippen MR) is 61.8 cm³/mol. The molecule has 0 spiro atoms. The molecule has 1 unspecified atom stereocenters. The normalized spacial score (nSPS) is 23.8. The molecule has 1 aliphatic heterocycles. The van der Waals surface area contributed by atoms with Crippen molar-refractivity contribution in [2.45, 2.75) is 52.2 Å². The molecule has 1 saturated heterocycles. The van der Waals surface area contributed by atoms with Gasteiger partial charge in [-0.1, -0.05) is 20.8 Å². The van der Waals surface area contributed by atoms with Gasteiger partial charge in [-0.3, -0.25) is 0 Å². The molecule has 1 fully saturated rings. The molecule has 0 radical (unpaired) electrons. The number of hydrogen-bond acceptors (Lipinski definition) is 3. The maximum atomic E-state index is 6.37. The van der Waals surface area contributed by atoms with E-state index in [1.807, 2.05) is 6.92 Å². The van der Waals surface area contributed by atoms with Crippen LogP contribution in [0.5, 0.6) is 0 Å². The van der Waals surface area contributed by atoms with E-state index in [4.69, 9.17) is 15.2 Å². The molecule has 15 heavy (non-hydrogen) atoms. The van der Waals surface area contributed by atoms with Gasteiger partial charge in [0.2, 0.25) is 0 Å². The Hall–Kier alpha value is -0.120. The fourth-order valence-corrected chi connectivity index (χ4v) is 2.34. The molecule has 1 heterocycles. The highest BCUT2D eigenvalue weighted by Crippen LogP contribution is 2.36. The van der Waals surface area contributed by atoms with Crippen molar-refractivity contribution in [1.82, 2.24) is 0 Å². The Morgan fingerprint density at radius 2 is 1.87 bits per heavy atom. The smallest absolute Gasteiger partial charge is 0.0881 e. The van der Waals surface area contributed by atoms with Gasteiger partial charge in [0.05, 0.1) is 5.60 Å². The lowest BCUT2D eigenvalue weighted by molar-refractivity contribution is -0.136. The van der Waals surface area contributed by atoms with Gasteiger partial charge >= 0.3 is 0 Å². The topological polar surface area (TPSA) is 44.5 Å². The van der Waals surface area contributed by atoms with E-state index in [0.717, 1.165) is 32.7 Å². The molecular formula is C12H25NO2. The summed E-state index contributed by atoms with van der Waals surface area (Å²) in [5.41, 5.74) is 6.27. The number of ether oxygens (including phenoxy) is 2. The summed E-state index contributed by atoms with van der Waals surface area (Å²) in [6, 6.07) is 0.0637. The molecule has 0 aromatic heterocycles. The molecular weight excluding hydrogens is 190 g/mol. The summed E-state index contributed by atoms with van der Waals surface area (Å²) >= 11 is 0. The number of nitrogens with two attached hydrogens (primary N) is 1. The fraction of sp³-hybridized carbons (Fsp3) is 1.00. The van der Waals surface area contributed by atoms with Gasteiger partial charge in [0.25, 0.3) is 0 Å². The molecule has 1 atom stereocenters. The summed E-state index contributed by atoms with van der Waals surface area (Å²) in [7, 11) is 0. The van der Waals surface area contributed by atoms with Crippen molar-refractivity contribution in [3.05, 3.63) is 0 Å². The Morgan fingerprint density at radius 3 is 2.27 bits per heavy atom. The zero-order valence-electron chi connectivity index (χ0n) is 10.5. The molecule has 3 nitrogen and oxygen atoms in total. The van der Waals surface area contributed by atoms with Crippen molar-refractivity contribution in [3.8, 4) is 0 Å². The van der Waals surface area contributed by atoms with E-state index in [0.29, 0.717) is 0 Å². The summed E-state index contributed by atoms with van der Waals surface area (Å²) in [5, 5.41) is 0. The summed E-state index contributed by atoms with van der Waals surface area (Å²) in [4.78, 5) is 0. The molecule has 2 N–H and O–H groups in total. The third kappa shape index (κ3) is 2.92. The first-order chi connectivity index (χ1) is 6.92. The van der Waals surface area contributed by atoms with E-state index in [1.54, 1.807) is 0 Å². The largest absolute Gasteiger partial charge is 0.381 e. The molecule has 0 bridgehead atoms. The molecule has 0 aromatic carbocycles. The molecule has 0 amide bonds. The van der Waals surface area contributed by atoms with Gasteiger partial charge in [-0.2, -0.15) is 0 Å². The lowest BCUT2D eigenvalue weighted by Crippen LogP contribution is -2.58. The minimum atomic E-state index is -0.175. The van der Waals surface area contributed by atoms with Gasteiger partial charge in [0.15, 0.2) is 0 Å². The second-order valence-corrected chi connectivity index (χ2v) is 5.45. The monoisotopic (exact) mass is 215 g/mol. The van der Waals surface area contributed by atoms with Crippen LogP contribution in [0.25, 0.3) is 0 Å². The molecule has 0 aromatic rings. The SMILES string of the molecule is CCOC1(C(N)C(C)(C)C)CCOCC1. The number of hydrogen-bond donors (Lipinski definition) is 1. The lowest BCUT2D eigenvalue weighted by Gasteiger charge is -2.46. The predicted octanol–water partition coefficient (Wildman–Crippen LogP) is 1.95. The zero-order chi connectivity index (χ0) is 11.5.